The van der Waals surface area contributed by atoms with E-state index in [1.165, 1.54) is 25.0 Å². The van der Waals surface area contributed by atoms with Crippen LogP contribution in [0.15, 0.2) is 18.3 Å². The third-order valence-electron chi connectivity index (χ3n) is 2.96. The molecule has 1 N–H and O–H groups in total. The van der Waals surface area contributed by atoms with Crippen LogP contribution in [0.25, 0.3) is 0 Å². The molecule has 1 aromatic rings. The maximum absolute atomic E-state index is 8.92. The largest absolute Gasteiger partial charge is 0.311 e. The molecule has 2 rings (SSSR count). The van der Waals surface area contributed by atoms with Crippen molar-refractivity contribution in [2.75, 3.05) is 12.3 Å². The van der Waals surface area contributed by atoms with E-state index in [0.717, 1.165) is 23.9 Å². The van der Waals surface area contributed by atoms with Crippen LogP contribution in [0.1, 0.15) is 30.5 Å². The Morgan fingerprint density at radius 3 is 3.24 bits per heavy atom. The number of pyridine rings is 1. The molecule has 0 aromatic carbocycles. The lowest BCUT2D eigenvalue weighted by atomic mass is 10.1. The van der Waals surface area contributed by atoms with Gasteiger partial charge in [-0.25, -0.2) is 4.98 Å². The minimum absolute atomic E-state index is 0.538. The first-order valence-electron chi connectivity index (χ1n) is 6.06. The Hall–Kier alpha value is -1.05. The molecule has 0 saturated carbocycles. The van der Waals surface area contributed by atoms with Crippen LogP contribution < -0.4 is 5.32 Å². The van der Waals surface area contributed by atoms with Crippen molar-refractivity contribution in [2.24, 2.45) is 0 Å². The van der Waals surface area contributed by atoms with Gasteiger partial charge in [0.15, 0.2) is 0 Å². The molecule has 1 fully saturated rings. The summed E-state index contributed by atoms with van der Waals surface area (Å²) in [6.07, 6.45) is 5.70. The smallest absolute Gasteiger partial charge is 0.144 e. The zero-order chi connectivity index (χ0) is 11.9. The van der Waals surface area contributed by atoms with Crippen LogP contribution >= 0.6 is 11.8 Å². The van der Waals surface area contributed by atoms with Crippen LogP contribution in [-0.4, -0.2) is 22.5 Å². The second-order valence-corrected chi connectivity index (χ2v) is 5.65. The number of aromatic nitrogens is 1. The SMILES string of the molecule is N#Cc1ncccc1CNCC1CCCCS1. The molecule has 0 amide bonds. The summed E-state index contributed by atoms with van der Waals surface area (Å²) in [5, 5.41) is 13.1. The molecule has 1 aliphatic rings. The van der Waals surface area contributed by atoms with Gasteiger partial charge in [-0.1, -0.05) is 12.5 Å². The highest BCUT2D eigenvalue weighted by atomic mass is 32.2. The van der Waals surface area contributed by atoms with Crippen LogP contribution in [0.2, 0.25) is 0 Å². The summed E-state index contributed by atoms with van der Waals surface area (Å²) in [5.41, 5.74) is 1.53. The number of hydrogen-bond donors (Lipinski definition) is 1. The molecule has 1 aliphatic heterocycles. The minimum atomic E-state index is 0.538. The summed E-state index contributed by atoms with van der Waals surface area (Å²) in [6, 6.07) is 5.97. The van der Waals surface area contributed by atoms with E-state index >= 15 is 0 Å². The molecule has 4 heteroatoms. The van der Waals surface area contributed by atoms with Crippen LogP contribution in [0, 0.1) is 11.3 Å². The highest BCUT2D eigenvalue weighted by Gasteiger charge is 2.13. The van der Waals surface area contributed by atoms with Crippen molar-refractivity contribution in [3.63, 3.8) is 0 Å². The van der Waals surface area contributed by atoms with Gasteiger partial charge in [-0.15, -0.1) is 0 Å². The van der Waals surface area contributed by atoms with Crippen molar-refractivity contribution in [2.45, 2.75) is 31.1 Å². The lowest BCUT2D eigenvalue weighted by Crippen LogP contribution is -2.26. The molecule has 90 valence electrons. The fourth-order valence-electron chi connectivity index (χ4n) is 2.02. The summed E-state index contributed by atoms with van der Waals surface area (Å²) in [5.74, 6) is 1.29. The van der Waals surface area contributed by atoms with Crippen molar-refractivity contribution in [1.82, 2.24) is 10.3 Å². The highest BCUT2D eigenvalue weighted by Crippen LogP contribution is 2.24. The Balaban J connectivity index is 1.79. The predicted octanol–water partition coefficient (Wildman–Crippen LogP) is 2.33. The van der Waals surface area contributed by atoms with E-state index in [-0.39, 0.29) is 0 Å². The Kier molecular flexibility index (Phi) is 4.84. The summed E-state index contributed by atoms with van der Waals surface area (Å²) in [6.45, 7) is 1.78. The van der Waals surface area contributed by atoms with E-state index < -0.39 is 0 Å². The molecule has 1 unspecified atom stereocenters. The molecule has 1 aromatic heterocycles. The van der Waals surface area contributed by atoms with E-state index in [1.807, 2.05) is 12.1 Å². The van der Waals surface area contributed by atoms with Crippen LogP contribution in [-0.2, 0) is 6.54 Å². The van der Waals surface area contributed by atoms with E-state index in [2.05, 4.69) is 28.1 Å². The predicted molar refractivity (Wildman–Crippen MR) is 70.8 cm³/mol. The van der Waals surface area contributed by atoms with Crippen LogP contribution in [0.3, 0.4) is 0 Å². The van der Waals surface area contributed by atoms with Gasteiger partial charge in [-0.2, -0.15) is 17.0 Å². The van der Waals surface area contributed by atoms with Crippen molar-refractivity contribution < 1.29 is 0 Å². The molecule has 3 nitrogen and oxygen atoms in total. The maximum atomic E-state index is 8.92. The van der Waals surface area contributed by atoms with Crippen LogP contribution in [0.5, 0.6) is 0 Å². The van der Waals surface area contributed by atoms with E-state index in [4.69, 9.17) is 5.26 Å². The lowest BCUT2D eigenvalue weighted by molar-refractivity contribution is 0.597. The molecule has 1 atom stereocenters. The Labute approximate surface area is 107 Å². The first kappa shape index (κ1) is 12.4. The molecular formula is C13H17N3S. The second kappa shape index (κ2) is 6.63. The first-order valence-corrected chi connectivity index (χ1v) is 7.11. The summed E-state index contributed by atoms with van der Waals surface area (Å²) >= 11 is 2.07. The molecular weight excluding hydrogens is 230 g/mol. The van der Waals surface area contributed by atoms with Crippen molar-refractivity contribution in [1.29, 1.82) is 5.26 Å². The van der Waals surface area contributed by atoms with Gasteiger partial charge in [0.1, 0.15) is 11.8 Å². The molecule has 0 radical (unpaired) electrons. The monoisotopic (exact) mass is 247 g/mol. The minimum Gasteiger partial charge on any atom is -0.311 e. The average Bonchev–Trinajstić information content (AvgIpc) is 2.40. The number of hydrogen-bond acceptors (Lipinski definition) is 4. The number of rotatable bonds is 4. The number of thioether (sulfide) groups is 1. The summed E-state index contributed by atoms with van der Waals surface area (Å²) in [7, 11) is 0. The van der Waals surface area contributed by atoms with Crippen LogP contribution in [0.4, 0.5) is 0 Å². The maximum Gasteiger partial charge on any atom is 0.144 e. The van der Waals surface area contributed by atoms with Gasteiger partial charge in [0.25, 0.3) is 0 Å². The van der Waals surface area contributed by atoms with Gasteiger partial charge < -0.3 is 5.32 Å². The van der Waals surface area contributed by atoms with Crippen molar-refractivity contribution in [3.8, 4) is 6.07 Å². The quantitative estimate of drug-likeness (QED) is 0.887. The van der Waals surface area contributed by atoms with Gasteiger partial charge in [0, 0.05) is 30.1 Å². The van der Waals surface area contributed by atoms with Gasteiger partial charge in [-0.05, 0) is 24.7 Å². The van der Waals surface area contributed by atoms with Gasteiger partial charge in [-0.3, -0.25) is 0 Å². The van der Waals surface area contributed by atoms with Gasteiger partial charge in [0.05, 0.1) is 0 Å². The van der Waals surface area contributed by atoms with E-state index in [0.29, 0.717) is 5.69 Å². The normalized spacial score (nSPS) is 19.8. The van der Waals surface area contributed by atoms with Crippen molar-refractivity contribution in [3.05, 3.63) is 29.6 Å². The zero-order valence-electron chi connectivity index (χ0n) is 9.85. The molecule has 17 heavy (non-hydrogen) atoms. The second-order valence-electron chi connectivity index (χ2n) is 4.24. The summed E-state index contributed by atoms with van der Waals surface area (Å²) in [4.78, 5) is 4.06. The molecule has 0 spiro atoms. The van der Waals surface area contributed by atoms with Gasteiger partial charge in [0.2, 0.25) is 0 Å². The molecule has 0 aliphatic carbocycles. The standard InChI is InChI=1S/C13H17N3S/c14-8-13-11(4-3-6-16-13)9-15-10-12-5-1-2-7-17-12/h3-4,6,12,15H,1-2,5,7,9-10H2. The first-order chi connectivity index (χ1) is 8.40. The fourth-order valence-corrected chi connectivity index (χ4v) is 3.29. The third-order valence-corrected chi connectivity index (χ3v) is 4.36. The Morgan fingerprint density at radius 1 is 1.53 bits per heavy atom. The van der Waals surface area contributed by atoms with E-state index in [1.54, 1.807) is 6.20 Å². The third kappa shape index (κ3) is 3.72. The topological polar surface area (TPSA) is 48.7 Å². The molecule has 1 saturated heterocycles. The number of nitriles is 1. The summed E-state index contributed by atoms with van der Waals surface area (Å²) < 4.78 is 0. The molecule has 2 heterocycles. The fraction of sp³-hybridized carbons (Fsp3) is 0.538. The zero-order valence-corrected chi connectivity index (χ0v) is 10.7. The Morgan fingerprint density at radius 2 is 2.47 bits per heavy atom. The van der Waals surface area contributed by atoms with Crippen molar-refractivity contribution >= 4 is 11.8 Å². The number of nitrogens with zero attached hydrogens (tertiary/aromatic N) is 2. The molecule has 0 bridgehead atoms. The van der Waals surface area contributed by atoms with Gasteiger partial charge >= 0.3 is 0 Å². The average molecular weight is 247 g/mol. The van der Waals surface area contributed by atoms with E-state index in [9.17, 15) is 0 Å². The lowest BCUT2D eigenvalue weighted by Gasteiger charge is -2.21. The Bertz CT molecular complexity index is 394. The number of nitrogens with one attached hydrogen (secondary N) is 1. The highest BCUT2D eigenvalue weighted by molar-refractivity contribution is 7.99.